The van der Waals surface area contributed by atoms with Gasteiger partial charge in [0.2, 0.25) is 0 Å². The first-order valence-electron chi connectivity index (χ1n) is 6.98. The highest BCUT2D eigenvalue weighted by molar-refractivity contribution is 5.75. The Hall–Kier alpha value is -1.55. The molecule has 0 amide bonds. The summed E-state index contributed by atoms with van der Waals surface area (Å²) < 4.78 is 10.1. The summed E-state index contributed by atoms with van der Waals surface area (Å²) in [6.45, 7) is 6.76. The van der Waals surface area contributed by atoms with Crippen molar-refractivity contribution in [2.45, 2.75) is 39.8 Å². The van der Waals surface area contributed by atoms with Crippen LogP contribution in [-0.4, -0.2) is 26.2 Å². The highest BCUT2D eigenvalue weighted by atomic mass is 16.5. The van der Waals surface area contributed by atoms with E-state index in [2.05, 4.69) is 18.3 Å². The lowest BCUT2D eigenvalue weighted by atomic mass is 9.99. The summed E-state index contributed by atoms with van der Waals surface area (Å²) in [7, 11) is 3.09. The van der Waals surface area contributed by atoms with Gasteiger partial charge in [-0.05, 0) is 30.0 Å². The monoisotopic (exact) mass is 279 g/mol. The van der Waals surface area contributed by atoms with Crippen LogP contribution in [0.4, 0.5) is 0 Å². The second-order valence-corrected chi connectivity index (χ2v) is 5.07. The maximum atomic E-state index is 11.8. The minimum atomic E-state index is -0.271. The van der Waals surface area contributed by atoms with E-state index >= 15 is 0 Å². The van der Waals surface area contributed by atoms with Crippen molar-refractivity contribution < 1.29 is 14.3 Å². The molecular weight excluding hydrogens is 254 g/mol. The Bertz CT molecular complexity index is 445. The van der Waals surface area contributed by atoms with Gasteiger partial charge in [0.05, 0.1) is 14.2 Å². The molecule has 0 radical (unpaired) electrons. The van der Waals surface area contributed by atoms with Crippen LogP contribution in [0.5, 0.6) is 5.75 Å². The molecule has 0 aliphatic rings. The lowest BCUT2D eigenvalue weighted by molar-refractivity contribution is -0.144. The summed E-state index contributed by atoms with van der Waals surface area (Å²) in [5.41, 5.74) is 2.21. The molecule has 20 heavy (non-hydrogen) atoms. The molecule has 0 aliphatic heterocycles. The molecule has 4 heteroatoms. The average Bonchev–Trinajstić information content (AvgIpc) is 2.46. The van der Waals surface area contributed by atoms with Crippen molar-refractivity contribution in [1.29, 1.82) is 0 Å². The molecule has 1 aromatic carbocycles. The second-order valence-electron chi connectivity index (χ2n) is 5.07. The third kappa shape index (κ3) is 4.23. The van der Waals surface area contributed by atoms with Gasteiger partial charge in [-0.1, -0.05) is 32.4 Å². The SMILES string of the molecule is CCC(C)C(NCc1ccc(OC)c(C)c1)C(=O)OC. The predicted octanol–water partition coefficient (Wildman–Crippen LogP) is 2.68. The van der Waals surface area contributed by atoms with Gasteiger partial charge in [0, 0.05) is 6.54 Å². The number of hydrogen-bond donors (Lipinski definition) is 1. The molecule has 0 bridgehead atoms. The molecule has 112 valence electrons. The molecule has 1 aromatic rings. The zero-order chi connectivity index (χ0) is 15.1. The fraction of sp³-hybridized carbons (Fsp3) is 0.562. The molecule has 0 spiro atoms. The fourth-order valence-corrected chi connectivity index (χ4v) is 2.16. The van der Waals surface area contributed by atoms with E-state index in [1.165, 1.54) is 7.11 Å². The van der Waals surface area contributed by atoms with Gasteiger partial charge in [-0.3, -0.25) is 4.79 Å². The maximum Gasteiger partial charge on any atom is 0.323 e. The molecule has 2 atom stereocenters. The molecule has 0 heterocycles. The van der Waals surface area contributed by atoms with Gasteiger partial charge < -0.3 is 14.8 Å². The van der Waals surface area contributed by atoms with Crippen molar-refractivity contribution in [3.8, 4) is 5.75 Å². The molecule has 0 aromatic heterocycles. The van der Waals surface area contributed by atoms with Gasteiger partial charge >= 0.3 is 5.97 Å². The molecule has 0 saturated heterocycles. The van der Waals surface area contributed by atoms with Crippen LogP contribution in [0.1, 0.15) is 31.4 Å². The first-order valence-corrected chi connectivity index (χ1v) is 6.98. The Balaban J connectivity index is 2.72. The highest BCUT2D eigenvalue weighted by Crippen LogP contribution is 2.19. The standard InChI is InChI=1S/C16H25NO3/c1-6-11(2)15(16(18)20-5)17-10-13-7-8-14(19-4)12(3)9-13/h7-9,11,15,17H,6,10H2,1-5H3. The van der Waals surface area contributed by atoms with Gasteiger partial charge in [0.1, 0.15) is 11.8 Å². The van der Waals surface area contributed by atoms with Crippen LogP contribution in [0.2, 0.25) is 0 Å². The summed E-state index contributed by atoms with van der Waals surface area (Å²) in [6, 6.07) is 5.75. The molecule has 0 saturated carbocycles. The molecule has 0 aliphatic carbocycles. The smallest absolute Gasteiger partial charge is 0.323 e. The van der Waals surface area contributed by atoms with Crippen molar-refractivity contribution in [3.05, 3.63) is 29.3 Å². The van der Waals surface area contributed by atoms with Crippen LogP contribution in [0, 0.1) is 12.8 Å². The van der Waals surface area contributed by atoms with E-state index in [4.69, 9.17) is 9.47 Å². The normalized spacial score (nSPS) is 13.7. The largest absolute Gasteiger partial charge is 0.496 e. The first kappa shape index (κ1) is 16.5. The number of carbonyl (C=O) groups excluding carboxylic acids is 1. The lowest BCUT2D eigenvalue weighted by Crippen LogP contribution is -2.42. The molecule has 1 N–H and O–H groups in total. The number of hydrogen-bond acceptors (Lipinski definition) is 4. The predicted molar refractivity (Wildman–Crippen MR) is 79.8 cm³/mol. The van der Waals surface area contributed by atoms with E-state index in [1.807, 2.05) is 26.0 Å². The minimum Gasteiger partial charge on any atom is -0.496 e. The second kappa shape index (κ2) is 7.90. The lowest BCUT2D eigenvalue weighted by Gasteiger charge is -2.22. The van der Waals surface area contributed by atoms with Crippen molar-refractivity contribution in [2.75, 3.05) is 14.2 Å². The Kier molecular flexibility index (Phi) is 6.52. The zero-order valence-corrected chi connectivity index (χ0v) is 13.0. The third-order valence-electron chi connectivity index (χ3n) is 3.65. The summed E-state index contributed by atoms with van der Waals surface area (Å²) in [4.78, 5) is 11.8. The zero-order valence-electron chi connectivity index (χ0n) is 13.0. The number of carbonyl (C=O) groups is 1. The van der Waals surface area contributed by atoms with Gasteiger partial charge in [-0.2, -0.15) is 0 Å². The number of benzene rings is 1. The number of nitrogens with one attached hydrogen (secondary N) is 1. The van der Waals surface area contributed by atoms with Gasteiger partial charge in [0.15, 0.2) is 0 Å². The fourth-order valence-electron chi connectivity index (χ4n) is 2.16. The van der Waals surface area contributed by atoms with Crippen LogP contribution >= 0.6 is 0 Å². The molecule has 0 fully saturated rings. The van der Waals surface area contributed by atoms with Crippen molar-refractivity contribution in [1.82, 2.24) is 5.32 Å². The van der Waals surface area contributed by atoms with E-state index in [-0.39, 0.29) is 17.9 Å². The number of rotatable bonds is 7. The molecular formula is C16H25NO3. The van der Waals surface area contributed by atoms with E-state index in [0.29, 0.717) is 6.54 Å². The summed E-state index contributed by atoms with van der Waals surface area (Å²) in [5.74, 6) is 0.909. The quantitative estimate of drug-likeness (QED) is 0.780. The number of methoxy groups -OCH3 is 2. The Morgan fingerprint density at radius 3 is 2.55 bits per heavy atom. The van der Waals surface area contributed by atoms with Gasteiger partial charge in [-0.25, -0.2) is 0 Å². The molecule has 1 rings (SSSR count). The van der Waals surface area contributed by atoms with Crippen LogP contribution < -0.4 is 10.1 Å². The van der Waals surface area contributed by atoms with Gasteiger partial charge in [-0.15, -0.1) is 0 Å². The Morgan fingerprint density at radius 2 is 2.05 bits per heavy atom. The van der Waals surface area contributed by atoms with E-state index in [9.17, 15) is 4.79 Å². The Labute approximate surface area is 121 Å². The van der Waals surface area contributed by atoms with Gasteiger partial charge in [0.25, 0.3) is 0 Å². The average molecular weight is 279 g/mol. The number of ether oxygens (including phenoxy) is 2. The summed E-state index contributed by atoms with van der Waals surface area (Å²) in [6.07, 6.45) is 0.925. The minimum absolute atomic E-state index is 0.204. The van der Waals surface area contributed by atoms with Crippen molar-refractivity contribution in [3.63, 3.8) is 0 Å². The van der Waals surface area contributed by atoms with Crippen LogP contribution in [-0.2, 0) is 16.1 Å². The summed E-state index contributed by atoms with van der Waals surface area (Å²) >= 11 is 0. The van der Waals surface area contributed by atoms with Crippen molar-refractivity contribution >= 4 is 5.97 Å². The number of aryl methyl sites for hydroxylation is 1. The highest BCUT2D eigenvalue weighted by Gasteiger charge is 2.24. The molecule has 2 unspecified atom stereocenters. The van der Waals surface area contributed by atoms with Crippen LogP contribution in [0.15, 0.2) is 18.2 Å². The van der Waals surface area contributed by atoms with Crippen LogP contribution in [0.25, 0.3) is 0 Å². The third-order valence-corrected chi connectivity index (χ3v) is 3.65. The topological polar surface area (TPSA) is 47.6 Å². The summed E-state index contributed by atoms with van der Waals surface area (Å²) in [5, 5.41) is 3.29. The maximum absolute atomic E-state index is 11.8. The molecule has 4 nitrogen and oxygen atoms in total. The van der Waals surface area contributed by atoms with Crippen LogP contribution in [0.3, 0.4) is 0 Å². The first-order chi connectivity index (χ1) is 9.53. The Morgan fingerprint density at radius 1 is 1.35 bits per heavy atom. The van der Waals surface area contributed by atoms with Crippen molar-refractivity contribution in [2.24, 2.45) is 5.92 Å². The van der Waals surface area contributed by atoms with E-state index in [1.54, 1.807) is 7.11 Å². The van der Waals surface area contributed by atoms with E-state index < -0.39 is 0 Å². The van der Waals surface area contributed by atoms with E-state index in [0.717, 1.165) is 23.3 Å². The number of esters is 1.